The van der Waals surface area contributed by atoms with Crippen LogP contribution in [0.25, 0.3) is 5.69 Å². The summed E-state index contributed by atoms with van der Waals surface area (Å²) in [6, 6.07) is 9.94. The van der Waals surface area contributed by atoms with Crippen molar-refractivity contribution in [1.29, 1.82) is 0 Å². The number of hydrogen-bond acceptors (Lipinski definition) is 4. The van der Waals surface area contributed by atoms with E-state index < -0.39 is 38.3 Å². The Balaban J connectivity index is 1.45. The quantitative estimate of drug-likeness (QED) is 0.612. The smallest absolute Gasteiger partial charge is 0.274 e. The number of carbonyl (C=O) groups excluding carboxylic acids is 1. The molecular formula is C20H17F3N4O3S. The fourth-order valence-electron chi connectivity index (χ4n) is 3.33. The molecule has 2 heterocycles. The SMILES string of the molecule is O=C(c1ccn(-c2ccc(F)cc2)n1)N1CCN(S(=O)(=O)c2c(F)cccc2F)CC1. The summed E-state index contributed by atoms with van der Waals surface area (Å²) in [6.45, 7) is -0.143. The minimum absolute atomic E-state index is 0.0392. The van der Waals surface area contributed by atoms with E-state index >= 15 is 0 Å². The van der Waals surface area contributed by atoms with E-state index in [9.17, 15) is 26.4 Å². The van der Waals surface area contributed by atoms with Gasteiger partial charge < -0.3 is 4.90 Å². The van der Waals surface area contributed by atoms with Crippen LogP contribution in [0.3, 0.4) is 0 Å². The Morgan fingerprint density at radius 1 is 0.871 bits per heavy atom. The summed E-state index contributed by atoms with van der Waals surface area (Å²) in [6.07, 6.45) is 1.56. The Bertz CT molecular complexity index is 1200. The average molecular weight is 450 g/mol. The first-order chi connectivity index (χ1) is 14.8. The number of benzene rings is 2. The predicted molar refractivity (Wildman–Crippen MR) is 105 cm³/mol. The van der Waals surface area contributed by atoms with E-state index in [1.54, 1.807) is 6.20 Å². The molecule has 7 nitrogen and oxygen atoms in total. The maximum atomic E-state index is 13.9. The van der Waals surface area contributed by atoms with Gasteiger partial charge in [0.25, 0.3) is 5.91 Å². The number of aromatic nitrogens is 2. The van der Waals surface area contributed by atoms with Crippen LogP contribution in [0.5, 0.6) is 0 Å². The Morgan fingerprint density at radius 3 is 2.10 bits per heavy atom. The van der Waals surface area contributed by atoms with Crippen molar-refractivity contribution in [3.63, 3.8) is 0 Å². The average Bonchev–Trinajstić information content (AvgIpc) is 3.24. The van der Waals surface area contributed by atoms with Crippen molar-refractivity contribution in [2.24, 2.45) is 0 Å². The molecule has 0 aliphatic carbocycles. The summed E-state index contributed by atoms with van der Waals surface area (Å²) in [4.78, 5) is 13.2. The number of halogens is 3. The number of amides is 1. The first-order valence-electron chi connectivity index (χ1n) is 9.32. The number of piperazine rings is 1. The maximum absolute atomic E-state index is 13.9. The normalized spacial score (nSPS) is 15.3. The van der Waals surface area contributed by atoms with Gasteiger partial charge in [0.05, 0.1) is 5.69 Å². The van der Waals surface area contributed by atoms with Crippen molar-refractivity contribution in [3.8, 4) is 5.69 Å². The Hall–Kier alpha value is -3.18. The van der Waals surface area contributed by atoms with Crippen LogP contribution >= 0.6 is 0 Å². The summed E-state index contributed by atoms with van der Waals surface area (Å²) in [5.74, 6) is -3.13. The molecule has 1 aliphatic rings. The number of carbonyl (C=O) groups is 1. The Labute approximate surface area is 176 Å². The molecule has 1 fully saturated rings. The van der Waals surface area contributed by atoms with Gasteiger partial charge in [0.15, 0.2) is 10.6 Å². The summed E-state index contributed by atoms with van der Waals surface area (Å²) >= 11 is 0. The molecule has 1 aromatic heterocycles. The summed E-state index contributed by atoms with van der Waals surface area (Å²) in [5, 5.41) is 4.20. The van der Waals surface area contributed by atoms with Crippen LogP contribution in [0.15, 0.2) is 59.6 Å². The summed E-state index contributed by atoms with van der Waals surface area (Å²) in [5.41, 5.74) is 0.712. The van der Waals surface area contributed by atoms with Crippen LogP contribution in [-0.4, -0.2) is 59.5 Å². The van der Waals surface area contributed by atoms with Crippen molar-refractivity contribution >= 4 is 15.9 Å². The highest BCUT2D eigenvalue weighted by Crippen LogP contribution is 2.24. The van der Waals surface area contributed by atoms with Crippen LogP contribution in [0.2, 0.25) is 0 Å². The molecule has 3 aromatic rings. The number of rotatable bonds is 4. The molecular weight excluding hydrogens is 433 g/mol. The zero-order valence-electron chi connectivity index (χ0n) is 16.1. The van der Waals surface area contributed by atoms with Crippen LogP contribution in [-0.2, 0) is 10.0 Å². The van der Waals surface area contributed by atoms with Crippen molar-refractivity contribution in [2.75, 3.05) is 26.2 Å². The minimum atomic E-state index is -4.38. The fraction of sp³-hybridized carbons (Fsp3) is 0.200. The topological polar surface area (TPSA) is 75.5 Å². The monoisotopic (exact) mass is 450 g/mol. The first kappa shape index (κ1) is 21.1. The van der Waals surface area contributed by atoms with Gasteiger partial charge in [-0.15, -0.1) is 0 Å². The lowest BCUT2D eigenvalue weighted by atomic mass is 10.3. The fourth-order valence-corrected chi connectivity index (χ4v) is 4.86. The number of nitrogens with zero attached hydrogens (tertiary/aromatic N) is 4. The molecule has 1 amide bonds. The van der Waals surface area contributed by atoms with Crippen LogP contribution < -0.4 is 0 Å². The molecule has 0 bridgehead atoms. The van der Waals surface area contributed by atoms with Gasteiger partial charge in [-0.25, -0.2) is 26.3 Å². The molecule has 31 heavy (non-hydrogen) atoms. The van der Waals surface area contributed by atoms with E-state index in [0.29, 0.717) is 5.69 Å². The van der Waals surface area contributed by atoms with Gasteiger partial charge in [0, 0.05) is 32.4 Å². The van der Waals surface area contributed by atoms with Crippen molar-refractivity contribution < 1.29 is 26.4 Å². The van der Waals surface area contributed by atoms with Gasteiger partial charge in [-0.3, -0.25) is 4.79 Å². The van der Waals surface area contributed by atoms with Crippen LogP contribution in [0, 0.1) is 17.5 Å². The molecule has 0 saturated carbocycles. The lowest BCUT2D eigenvalue weighted by Crippen LogP contribution is -2.50. The molecule has 0 N–H and O–H groups in total. The van der Waals surface area contributed by atoms with Gasteiger partial charge >= 0.3 is 0 Å². The lowest BCUT2D eigenvalue weighted by molar-refractivity contribution is 0.0691. The first-order valence-corrected chi connectivity index (χ1v) is 10.8. The molecule has 1 aliphatic heterocycles. The Morgan fingerprint density at radius 2 is 1.48 bits per heavy atom. The second-order valence-electron chi connectivity index (χ2n) is 6.87. The highest BCUT2D eigenvalue weighted by Gasteiger charge is 2.34. The van der Waals surface area contributed by atoms with Crippen molar-refractivity contribution in [2.45, 2.75) is 4.90 Å². The molecule has 0 radical (unpaired) electrons. The Kier molecular flexibility index (Phi) is 5.54. The van der Waals surface area contributed by atoms with E-state index in [-0.39, 0.29) is 31.9 Å². The van der Waals surface area contributed by atoms with Gasteiger partial charge in [0.2, 0.25) is 10.0 Å². The van der Waals surface area contributed by atoms with E-state index in [4.69, 9.17) is 0 Å². The van der Waals surface area contributed by atoms with E-state index in [1.807, 2.05) is 0 Å². The van der Waals surface area contributed by atoms with Gasteiger partial charge in [-0.1, -0.05) is 6.07 Å². The summed E-state index contributed by atoms with van der Waals surface area (Å²) in [7, 11) is -4.38. The van der Waals surface area contributed by atoms with E-state index in [2.05, 4.69) is 5.10 Å². The van der Waals surface area contributed by atoms with Crippen LogP contribution in [0.4, 0.5) is 13.2 Å². The van der Waals surface area contributed by atoms with E-state index in [1.165, 1.54) is 39.9 Å². The molecule has 2 aromatic carbocycles. The molecule has 0 atom stereocenters. The van der Waals surface area contributed by atoms with Crippen molar-refractivity contribution in [1.82, 2.24) is 19.0 Å². The second kappa shape index (κ2) is 8.16. The van der Waals surface area contributed by atoms with E-state index in [0.717, 1.165) is 22.5 Å². The second-order valence-corrected chi connectivity index (χ2v) is 8.74. The largest absolute Gasteiger partial charge is 0.335 e. The molecule has 4 rings (SSSR count). The standard InChI is InChI=1S/C20H17F3N4O3S/c21-14-4-6-15(7-5-14)27-9-8-18(24-27)20(28)25-10-12-26(13-11-25)31(29,30)19-16(22)2-1-3-17(19)23/h1-9H,10-13H2. The van der Waals surface area contributed by atoms with Crippen LogP contribution in [0.1, 0.15) is 10.5 Å². The zero-order chi connectivity index (χ0) is 22.2. The minimum Gasteiger partial charge on any atom is -0.335 e. The molecule has 11 heteroatoms. The number of sulfonamides is 1. The van der Waals surface area contributed by atoms with Gasteiger partial charge in [-0.2, -0.15) is 9.40 Å². The zero-order valence-corrected chi connectivity index (χ0v) is 16.9. The number of hydrogen-bond donors (Lipinski definition) is 0. The maximum Gasteiger partial charge on any atom is 0.274 e. The van der Waals surface area contributed by atoms with Gasteiger partial charge in [0.1, 0.15) is 17.5 Å². The predicted octanol–water partition coefficient (Wildman–Crippen LogP) is 2.44. The third kappa shape index (κ3) is 4.06. The van der Waals surface area contributed by atoms with Crippen molar-refractivity contribution in [3.05, 3.63) is 77.9 Å². The molecule has 1 saturated heterocycles. The lowest BCUT2D eigenvalue weighted by Gasteiger charge is -2.33. The molecule has 0 spiro atoms. The third-order valence-corrected chi connectivity index (χ3v) is 6.89. The highest BCUT2D eigenvalue weighted by atomic mass is 32.2. The van der Waals surface area contributed by atoms with Gasteiger partial charge in [-0.05, 0) is 42.5 Å². The summed E-state index contributed by atoms with van der Waals surface area (Å²) < 4.78 is 68.7. The molecule has 162 valence electrons. The third-order valence-electron chi connectivity index (χ3n) is 4.94. The highest BCUT2D eigenvalue weighted by molar-refractivity contribution is 7.89. The molecule has 0 unspecified atom stereocenters.